The lowest BCUT2D eigenvalue weighted by Crippen LogP contribution is -2.24. The van der Waals surface area contributed by atoms with Gasteiger partial charge in [-0.1, -0.05) is 24.3 Å². The van der Waals surface area contributed by atoms with E-state index < -0.39 is 11.5 Å². The van der Waals surface area contributed by atoms with E-state index in [0.717, 1.165) is 5.69 Å². The van der Waals surface area contributed by atoms with Crippen molar-refractivity contribution in [2.75, 3.05) is 11.9 Å². The van der Waals surface area contributed by atoms with Crippen LogP contribution in [-0.2, 0) is 0 Å². The third kappa shape index (κ3) is 2.22. The van der Waals surface area contributed by atoms with Crippen LogP contribution in [0, 0.1) is 0 Å². The monoisotopic (exact) mass is 294 g/mol. The average Bonchev–Trinajstić information content (AvgIpc) is 2.55. The van der Waals surface area contributed by atoms with E-state index in [-0.39, 0.29) is 5.56 Å². The smallest absolute Gasteiger partial charge is 0.341 e. The van der Waals surface area contributed by atoms with Gasteiger partial charge in [0.1, 0.15) is 5.56 Å². The lowest BCUT2D eigenvalue weighted by molar-refractivity contribution is 0.0695. The summed E-state index contributed by atoms with van der Waals surface area (Å²) in [6, 6.07) is 16.3. The van der Waals surface area contributed by atoms with Crippen LogP contribution in [-0.4, -0.2) is 22.5 Å². The van der Waals surface area contributed by atoms with Crippen LogP contribution in [0.4, 0.5) is 11.4 Å². The van der Waals surface area contributed by atoms with E-state index in [1.54, 1.807) is 18.3 Å². The molecule has 0 aliphatic carbocycles. The van der Waals surface area contributed by atoms with Crippen molar-refractivity contribution in [1.29, 1.82) is 0 Å². The second-order valence-corrected chi connectivity index (χ2v) is 4.90. The molecule has 22 heavy (non-hydrogen) atoms. The van der Waals surface area contributed by atoms with E-state index in [9.17, 15) is 14.7 Å². The van der Waals surface area contributed by atoms with Crippen LogP contribution < -0.4 is 10.5 Å². The largest absolute Gasteiger partial charge is 0.477 e. The Kier molecular flexibility index (Phi) is 3.39. The van der Waals surface area contributed by atoms with Crippen molar-refractivity contribution in [1.82, 2.24) is 4.40 Å². The van der Waals surface area contributed by atoms with Gasteiger partial charge in [0.2, 0.25) is 0 Å². The van der Waals surface area contributed by atoms with Crippen LogP contribution in [0.5, 0.6) is 0 Å². The number of anilines is 2. The molecular formula is C17H14N2O3. The fourth-order valence-corrected chi connectivity index (χ4v) is 2.44. The molecular weight excluding hydrogens is 280 g/mol. The lowest BCUT2D eigenvalue weighted by atomic mass is 10.2. The predicted octanol–water partition coefficient (Wildman–Crippen LogP) is 2.77. The molecule has 3 rings (SSSR count). The lowest BCUT2D eigenvalue weighted by Gasteiger charge is -2.22. The second-order valence-electron chi connectivity index (χ2n) is 4.90. The summed E-state index contributed by atoms with van der Waals surface area (Å²) in [5.41, 5.74) is 1.44. The van der Waals surface area contributed by atoms with E-state index in [4.69, 9.17) is 0 Å². The average molecular weight is 294 g/mol. The second kappa shape index (κ2) is 5.37. The molecule has 0 saturated heterocycles. The number of aromatic carboxylic acids is 1. The molecule has 2 heterocycles. The van der Waals surface area contributed by atoms with Gasteiger partial charge in [-0.15, -0.1) is 0 Å². The third-order valence-corrected chi connectivity index (χ3v) is 3.59. The number of hydrogen-bond acceptors (Lipinski definition) is 3. The number of nitrogens with zero attached hydrogens (tertiary/aromatic N) is 2. The van der Waals surface area contributed by atoms with Gasteiger partial charge < -0.3 is 10.0 Å². The van der Waals surface area contributed by atoms with Crippen molar-refractivity contribution >= 4 is 22.9 Å². The zero-order chi connectivity index (χ0) is 15.7. The van der Waals surface area contributed by atoms with Gasteiger partial charge >= 0.3 is 5.97 Å². The molecule has 110 valence electrons. The van der Waals surface area contributed by atoms with Gasteiger partial charge in [-0.05, 0) is 30.3 Å². The number of fused-ring (bicyclic) bond motifs is 1. The molecule has 2 aromatic heterocycles. The van der Waals surface area contributed by atoms with Crippen LogP contribution in [0.3, 0.4) is 0 Å². The Balaban J connectivity index is 2.31. The van der Waals surface area contributed by atoms with E-state index >= 15 is 0 Å². The first-order valence-corrected chi connectivity index (χ1v) is 6.76. The number of carbonyl (C=O) groups is 1. The van der Waals surface area contributed by atoms with Crippen LogP contribution >= 0.6 is 0 Å². The number of hydrogen-bond donors (Lipinski definition) is 1. The Morgan fingerprint density at radius 1 is 1.09 bits per heavy atom. The highest BCUT2D eigenvalue weighted by Crippen LogP contribution is 2.27. The van der Waals surface area contributed by atoms with Gasteiger partial charge in [0.15, 0.2) is 0 Å². The summed E-state index contributed by atoms with van der Waals surface area (Å²) in [6.07, 6.45) is 1.58. The van der Waals surface area contributed by atoms with Crippen molar-refractivity contribution in [3.05, 3.63) is 76.7 Å². The quantitative estimate of drug-likeness (QED) is 0.807. The summed E-state index contributed by atoms with van der Waals surface area (Å²) in [5, 5.41) is 9.27. The van der Waals surface area contributed by atoms with Gasteiger partial charge in [0.25, 0.3) is 5.56 Å². The number of carboxylic acid groups (broad SMARTS) is 1. The minimum Gasteiger partial charge on any atom is -0.477 e. The summed E-state index contributed by atoms with van der Waals surface area (Å²) < 4.78 is 1.36. The van der Waals surface area contributed by atoms with Crippen molar-refractivity contribution in [3.8, 4) is 0 Å². The first-order valence-electron chi connectivity index (χ1n) is 6.76. The van der Waals surface area contributed by atoms with Gasteiger partial charge in [-0.2, -0.15) is 0 Å². The molecule has 0 radical (unpaired) electrons. The van der Waals surface area contributed by atoms with Crippen molar-refractivity contribution in [2.24, 2.45) is 0 Å². The number of rotatable bonds is 3. The van der Waals surface area contributed by atoms with E-state index in [1.165, 1.54) is 10.5 Å². The van der Waals surface area contributed by atoms with Gasteiger partial charge in [0.05, 0.1) is 11.2 Å². The predicted molar refractivity (Wildman–Crippen MR) is 85.1 cm³/mol. The molecule has 0 aliphatic heterocycles. The fourth-order valence-electron chi connectivity index (χ4n) is 2.44. The molecule has 0 amide bonds. The molecule has 0 bridgehead atoms. The third-order valence-electron chi connectivity index (χ3n) is 3.59. The van der Waals surface area contributed by atoms with Crippen LogP contribution in [0.15, 0.2) is 65.6 Å². The summed E-state index contributed by atoms with van der Waals surface area (Å²) in [6.45, 7) is 0. The minimum atomic E-state index is -1.23. The Morgan fingerprint density at radius 3 is 2.45 bits per heavy atom. The van der Waals surface area contributed by atoms with Crippen molar-refractivity contribution < 1.29 is 9.90 Å². The maximum absolute atomic E-state index is 12.2. The van der Waals surface area contributed by atoms with E-state index in [2.05, 4.69) is 0 Å². The summed E-state index contributed by atoms with van der Waals surface area (Å²) >= 11 is 0. The number of carboxylic acids is 1. The first kappa shape index (κ1) is 13.9. The van der Waals surface area contributed by atoms with Gasteiger partial charge in [-0.3, -0.25) is 9.20 Å². The molecule has 1 N–H and O–H groups in total. The topological polar surface area (TPSA) is 62.0 Å². The maximum atomic E-state index is 12.2. The Bertz CT molecular complexity index is 901. The van der Waals surface area contributed by atoms with Crippen LogP contribution in [0.2, 0.25) is 0 Å². The highest BCUT2D eigenvalue weighted by molar-refractivity contribution is 5.91. The maximum Gasteiger partial charge on any atom is 0.341 e. The zero-order valence-electron chi connectivity index (χ0n) is 11.9. The normalized spacial score (nSPS) is 10.6. The Morgan fingerprint density at radius 2 is 1.77 bits per heavy atom. The van der Waals surface area contributed by atoms with Crippen LogP contribution in [0.1, 0.15) is 10.4 Å². The van der Waals surface area contributed by atoms with Crippen molar-refractivity contribution in [2.45, 2.75) is 0 Å². The fraction of sp³-hybridized carbons (Fsp3) is 0.0588. The zero-order valence-corrected chi connectivity index (χ0v) is 11.9. The first-order chi connectivity index (χ1) is 10.6. The molecule has 5 heteroatoms. The number of aromatic nitrogens is 1. The molecule has 1 aromatic carbocycles. The molecule has 3 aromatic rings. The van der Waals surface area contributed by atoms with Gasteiger partial charge in [-0.25, -0.2) is 4.79 Å². The van der Waals surface area contributed by atoms with Gasteiger partial charge in [0, 0.05) is 18.9 Å². The number of para-hydroxylation sites is 1. The Hall–Kier alpha value is -3.08. The summed E-state index contributed by atoms with van der Waals surface area (Å²) in [4.78, 5) is 25.5. The van der Waals surface area contributed by atoms with Crippen molar-refractivity contribution in [3.63, 3.8) is 0 Å². The molecule has 0 aliphatic rings. The Labute approximate surface area is 126 Å². The summed E-state index contributed by atoms with van der Waals surface area (Å²) in [5.74, 6) is -1.23. The molecule has 0 fully saturated rings. The highest BCUT2D eigenvalue weighted by atomic mass is 16.4. The molecule has 0 spiro atoms. The minimum absolute atomic E-state index is 0.249. The van der Waals surface area contributed by atoms with E-state index in [0.29, 0.717) is 11.2 Å². The molecule has 0 saturated carbocycles. The number of pyridine rings is 2. The number of benzene rings is 1. The standard InChI is InChI=1S/C17H14N2O3/c1-18(12-7-3-2-4-8-12)15-11-13(17(21)22)16(20)19-10-6-5-9-14(15)19/h2-11H,1H3,(H,21,22). The van der Waals surface area contributed by atoms with Crippen LogP contribution in [0.25, 0.3) is 5.52 Å². The highest BCUT2D eigenvalue weighted by Gasteiger charge is 2.17. The molecule has 5 nitrogen and oxygen atoms in total. The van der Waals surface area contributed by atoms with E-state index in [1.807, 2.05) is 48.3 Å². The molecule has 0 unspecified atom stereocenters. The SMILES string of the molecule is CN(c1ccccc1)c1cc(C(=O)O)c(=O)n2ccccc12. The summed E-state index contributed by atoms with van der Waals surface area (Å²) in [7, 11) is 1.84. The molecule has 0 atom stereocenters.